The van der Waals surface area contributed by atoms with Crippen molar-refractivity contribution in [3.63, 3.8) is 0 Å². The van der Waals surface area contributed by atoms with Crippen LogP contribution in [0.1, 0.15) is 59.3 Å². The second kappa shape index (κ2) is 9.64. The number of carbonyl (C=O) groups excluding carboxylic acids is 1. The molecular formula is C19H38O2SiSn. The number of unbranched alkanes of at least 4 members (excludes halogenated alkanes) is 3. The van der Waals surface area contributed by atoms with Crippen molar-refractivity contribution in [1.29, 1.82) is 0 Å². The van der Waals surface area contributed by atoms with Crippen molar-refractivity contribution in [3.8, 4) is 0 Å². The summed E-state index contributed by atoms with van der Waals surface area (Å²) in [6.07, 6.45) is 7.67. The molecule has 0 radical (unpaired) electrons. The van der Waals surface area contributed by atoms with Gasteiger partial charge in [0.15, 0.2) is 0 Å². The van der Waals surface area contributed by atoms with Crippen LogP contribution in [0.2, 0.25) is 33.0 Å². The van der Waals surface area contributed by atoms with Crippen LogP contribution in [-0.2, 0) is 9.53 Å². The Balaban J connectivity index is 3.34. The summed E-state index contributed by atoms with van der Waals surface area (Å²) >= 11 is -2.64. The Morgan fingerprint density at radius 3 is 1.70 bits per heavy atom. The maximum atomic E-state index is 12.8. The zero-order chi connectivity index (χ0) is 17.5. The van der Waals surface area contributed by atoms with Crippen LogP contribution >= 0.6 is 0 Å². The molecule has 0 N–H and O–H groups in total. The van der Waals surface area contributed by atoms with E-state index in [9.17, 15) is 4.79 Å². The first kappa shape index (κ1) is 21.3. The number of carbonyl (C=O) groups is 1. The third-order valence-electron chi connectivity index (χ3n) is 5.32. The summed E-state index contributed by atoms with van der Waals surface area (Å²) in [6, 6.07) is 0. The Hall–Kier alpha value is 0.226. The molecule has 1 rings (SSSR count). The number of rotatable bonds is 11. The normalized spacial score (nSPS) is 16.2. The summed E-state index contributed by atoms with van der Waals surface area (Å²) in [5.41, 5.74) is 0. The van der Waals surface area contributed by atoms with E-state index in [4.69, 9.17) is 4.74 Å². The van der Waals surface area contributed by atoms with Crippen LogP contribution in [0.5, 0.6) is 0 Å². The molecular weight excluding hydrogens is 407 g/mol. The minimum absolute atomic E-state index is 0.0986. The molecule has 1 heterocycles. The SMILES string of the molecule is CCC[CH2][Sn]([CH2]CCC)([CH2]CCC)[C]1=C([Si](C)(C)C)COC1=O. The van der Waals surface area contributed by atoms with Crippen LogP contribution in [-0.4, -0.2) is 39.0 Å². The fraction of sp³-hybridized carbons (Fsp3) is 0.842. The van der Waals surface area contributed by atoms with Crippen LogP contribution in [0.4, 0.5) is 0 Å². The molecule has 4 heteroatoms. The van der Waals surface area contributed by atoms with Crippen LogP contribution in [0.25, 0.3) is 0 Å². The topological polar surface area (TPSA) is 26.3 Å². The van der Waals surface area contributed by atoms with Crippen LogP contribution in [0.3, 0.4) is 0 Å². The van der Waals surface area contributed by atoms with Crippen molar-refractivity contribution >= 4 is 32.4 Å². The third kappa shape index (κ3) is 5.62. The standard InChI is InChI=1S/C7H11O2Si.3C4H9.Sn/c1-10(2,3)6-4-7(8)9-5-6;3*1-3-4-2;/h5H2,1-3H3;3*1,3-4H2,2H3;. The van der Waals surface area contributed by atoms with E-state index in [-0.39, 0.29) is 5.97 Å². The number of hydrogen-bond acceptors (Lipinski definition) is 2. The fourth-order valence-corrected chi connectivity index (χ4v) is 26.8. The first-order valence-electron chi connectivity index (χ1n) is 9.73. The second-order valence-corrected chi connectivity index (χ2v) is 26.4. The summed E-state index contributed by atoms with van der Waals surface area (Å²) in [4.78, 5) is 12.8. The molecule has 2 nitrogen and oxygen atoms in total. The van der Waals surface area contributed by atoms with Gasteiger partial charge in [0.2, 0.25) is 0 Å². The minimum atomic E-state index is -2.64. The summed E-state index contributed by atoms with van der Waals surface area (Å²) in [5, 5.41) is 1.49. The molecule has 23 heavy (non-hydrogen) atoms. The zero-order valence-electron chi connectivity index (χ0n) is 16.4. The third-order valence-corrected chi connectivity index (χ3v) is 23.9. The monoisotopic (exact) mass is 446 g/mol. The van der Waals surface area contributed by atoms with Crippen molar-refractivity contribution in [3.05, 3.63) is 8.79 Å². The molecule has 0 aromatic carbocycles. The van der Waals surface area contributed by atoms with E-state index in [0.29, 0.717) is 6.61 Å². The van der Waals surface area contributed by atoms with Gasteiger partial charge in [0.1, 0.15) is 0 Å². The molecule has 0 saturated carbocycles. The predicted octanol–water partition coefficient (Wildman–Crippen LogP) is 6.11. The average Bonchev–Trinajstić information content (AvgIpc) is 2.90. The molecule has 134 valence electrons. The van der Waals surface area contributed by atoms with Crippen LogP contribution in [0.15, 0.2) is 8.79 Å². The Kier molecular flexibility index (Phi) is 8.92. The van der Waals surface area contributed by atoms with E-state index in [0.717, 1.165) is 0 Å². The molecule has 0 aromatic heterocycles. The Bertz CT molecular complexity index is 402. The van der Waals surface area contributed by atoms with E-state index in [2.05, 4.69) is 40.4 Å². The summed E-state index contributed by atoms with van der Waals surface area (Å²) in [5.74, 6) is 0.0986. The van der Waals surface area contributed by atoms with Crippen LogP contribution < -0.4 is 0 Å². The Labute approximate surface area is 149 Å². The van der Waals surface area contributed by atoms with Gasteiger partial charge in [0.05, 0.1) is 0 Å². The number of esters is 1. The summed E-state index contributed by atoms with van der Waals surface area (Å²) in [7, 11) is -1.47. The molecule has 1 aliphatic heterocycles. The van der Waals surface area contributed by atoms with Crippen molar-refractivity contribution in [2.75, 3.05) is 6.61 Å². The Morgan fingerprint density at radius 1 is 0.913 bits per heavy atom. The van der Waals surface area contributed by atoms with E-state index in [1.807, 2.05) is 0 Å². The molecule has 0 amide bonds. The van der Waals surface area contributed by atoms with E-state index < -0.39 is 26.5 Å². The molecule has 0 bridgehead atoms. The average molecular weight is 445 g/mol. The molecule has 0 fully saturated rings. The number of ether oxygens (including phenoxy) is 1. The van der Waals surface area contributed by atoms with Gasteiger partial charge < -0.3 is 0 Å². The van der Waals surface area contributed by atoms with E-state index >= 15 is 0 Å². The van der Waals surface area contributed by atoms with Gasteiger partial charge in [-0.15, -0.1) is 0 Å². The Morgan fingerprint density at radius 2 is 1.35 bits per heavy atom. The van der Waals surface area contributed by atoms with Gasteiger partial charge in [-0.3, -0.25) is 0 Å². The zero-order valence-corrected chi connectivity index (χ0v) is 20.2. The molecule has 0 atom stereocenters. The van der Waals surface area contributed by atoms with Gasteiger partial charge in [-0.2, -0.15) is 0 Å². The first-order valence-corrected chi connectivity index (χ1v) is 20.7. The molecule has 0 aromatic rings. The number of hydrogen-bond donors (Lipinski definition) is 0. The summed E-state index contributed by atoms with van der Waals surface area (Å²) in [6.45, 7) is 14.7. The quantitative estimate of drug-likeness (QED) is 0.284. The molecule has 0 unspecified atom stereocenters. The first-order chi connectivity index (χ1) is 10.8. The van der Waals surface area contributed by atoms with Crippen LogP contribution in [0, 0.1) is 0 Å². The van der Waals surface area contributed by atoms with Crippen molar-refractivity contribution in [2.45, 2.75) is 92.2 Å². The molecule has 0 saturated heterocycles. The molecule has 0 spiro atoms. The predicted molar refractivity (Wildman–Crippen MR) is 106 cm³/mol. The number of cyclic esters (lactones) is 1. The van der Waals surface area contributed by atoms with Gasteiger partial charge in [-0.25, -0.2) is 0 Å². The van der Waals surface area contributed by atoms with Crippen molar-refractivity contribution in [2.24, 2.45) is 0 Å². The van der Waals surface area contributed by atoms with Gasteiger partial charge in [0.25, 0.3) is 0 Å². The van der Waals surface area contributed by atoms with E-state index in [1.165, 1.54) is 60.6 Å². The van der Waals surface area contributed by atoms with Crippen molar-refractivity contribution in [1.82, 2.24) is 0 Å². The van der Waals surface area contributed by atoms with E-state index in [1.54, 1.807) is 0 Å². The molecule has 0 aliphatic carbocycles. The van der Waals surface area contributed by atoms with Gasteiger partial charge in [-0.05, 0) is 0 Å². The molecule has 1 aliphatic rings. The van der Waals surface area contributed by atoms with Gasteiger partial charge in [-0.1, -0.05) is 0 Å². The second-order valence-electron chi connectivity index (χ2n) is 8.27. The summed E-state index contributed by atoms with van der Waals surface area (Å²) < 4.78 is 11.0. The van der Waals surface area contributed by atoms with Gasteiger partial charge >= 0.3 is 150 Å². The van der Waals surface area contributed by atoms with Crippen molar-refractivity contribution < 1.29 is 9.53 Å². The maximum absolute atomic E-state index is 12.8. The fourth-order valence-electron chi connectivity index (χ4n) is 3.83. The van der Waals surface area contributed by atoms with Gasteiger partial charge in [0, 0.05) is 0 Å².